The van der Waals surface area contributed by atoms with Crippen molar-refractivity contribution in [3.63, 3.8) is 0 Å². The molecule has 2 nitrogen and oxygen atoms in total. The standard InChI is InChI=1S/C18H23FN2/c1-13-11-16(21(3)4)9-10-18(13)20-14(2)12-15-7-5-6-8-17(15)19/h5-11,14,20H,12H2,1-4H3. The largest absolute Gasteiger partial charge is 0.382 e. The van der Waals surface area contributed by atoms with Crippen LogP contribution >= 0.6 is 0 Å². The van der Waals surface area contributed by atoms with E-state index in [1.54, 1.807) is 6.07 Å². The van der Waals surface area contributed by atoms with Crippen LogP contribution in [-0.4, -0.2) is 20.1 Å². The average Bonchev–Trinajstić information content (AvgIpc) is 2.43. The second-order valence-corrected chi connectivity index (χ2v) is 5.73. The Balaban J connectivity index is 2.06. The van der Waals surface area contributed by atoms with Crippen molar-refractivity contribution in [3.8, 4) is 0 Å². The molecule has 0 heterocycles. The maximum atomic E-state index is 13.7. The van der Waals surface area contributed by atoms with Gasteiger partial charge in [0.2, 0.25) is 0 Å². The number of nitrogens with zero attached hydrogens (tertiary/aromatic N) is 1. The summed E-state index contributed by atoms with van der Waals surface area (Å²) < 4.78 is 13.7. The lowest BCUT2D eigenvalue weighted by atomic mass is 10.1. The van der Waals surface area contributed by atoms with E-state index >= 15 is 0 Å². The van der Waals surface area contributed by atoms with Crippen molar-refractivity contribution in [3.05, 3.63) is 59.4 Å². The molecule has 0 fully saturated rings. The molecule has 0 saturated heterocycles. The van der Waals surface area contributed by atoms with E-state index in [1.165, 1.54) is 17.3 Å². The SMILES string of the molecule is Cc1cc(N(C)C)ccc1NC(C)Cc1ccccc1F. The Morgan fingerprint density at radius 2 is 1.86 bits per heavy atom. The summed E-state index contributed by atoms with van der Waals surface area (Å²) in [5, 5.41) is 3.47. The molecule has 1 atom stereocenters. The summed E-state index contributed by atoms with van der Waals surface area (Å²) in [4.78, 5) is 2.08. The fourth-order valence-electron chi connectivity index (χ4n) is 2.40. The lowest BCUT2D eigenvalue weighted by Crippen LogP contribution is -2.19. The van der Waals surface area contributed by atoms with Gasteiger partial charge in [-0.1, -0.05) is 18.2 Å². The van der Waals surface area contributed by atoms with Crippen molar-refractivity contribution in [2.24, 2.45) is 0 Å². The van der Waals surface area contributed by atoms with E-state index in [-0.39, 0.29) is 11.9 Å². The minimum atomic E-state index is -0.133. The Hall–Kier alpha value is -2.03. The number of aryl methyl sites for hydroxylation is 1. The predicted molar refractivity (Wildman–Crippen MR) is 88.7 cm³/mol. The third-order valence-corrected chi connectivity index (χ3v) is 3.61. The van der Waals surface area contributed by atoms with Crippen LogP contribution in [0.4, 0.5) is 15.8 Å². The summed E-state index contributed by atoms with van der Waals surface area (Å²) in [5.74, 6) is -0.133. The van der Waals surface area contributed by atoms with Crippen LogP contribution in [0.25, 0.3) is 0 Å². The number of rotatable bonds is 5. The molecule has 21 heavy (non-hydrogen) atoms. The van der Waals surface area contributed by atoms with Crippen molar-refractivity contribution in [1.29, 1.82) is 0 Å². The third kappa shape index (κ3) is 3.97. The molecule has 2 rings (SSSR count). The third-order valence-electron chi connectivity index (χ3n) is 3.61. The van der Waals surface area contributed by atoms with Gasteiger partial charge in [0, 0.05) is 31.5 Å². The van der Waals surface area contributed by atoms with Gasteiger partial charge in [-0.3, -0.25) is 0 Å². The van der Waals surface area contributed by atoms with Crippen molar-refractivity contribution >= 4 is 11.4 Å². The van der Waals surface area contributed by atoms with Crippen LogP contribution in [0.2, 0.25) is 0 Å². The number of hydrogen-bond donors (Lipinski definition) is 1. The molecule has 1 unspecified atom stereocenters. The lowest BCUT2D eigenvalue weighted by Gasteiger charge is -2.20. The first kappa shape index (κ1) is 15.4. The zero-order chi connectivity index (χ0) is 15.4. The highest BCUT2D eigenvalue weighted by Gasteiger charge is 2.09. The van der Waals surface area contributed by atoms with Gasteiger partial charge in [-0.25, -0.2) is 4.39 Å². The zero-order valence-corrected chi connectivity index (χ0v) is 13.2. The van der Waals surface area contributed by atoms with Crippen LogP contribution in [0.1, 0.15) is 18.1 Å². The van der Waals surface area contributed by atoms with E-state index in [2.05, 4.69) is 42.3 Å². The maximum absolute atomic E-state index is 13.7. The molecule has 2 aromatic carbocycles. The number of hydrogen-bond acceptors (Lipinski definition) is 2. The van der Waals surface area contributed by atoms with Crippen molar-refractivity contribution in [1.82, 2.24) is 0 Å². The highest BCUT2D eigenvalue weighted by atomic mass is 19.1. The molecule has 0 aromatic heterocycles. The van der Waals surface area contributed by atoms with Crippen molar-refractivity contribution in [2.45, 2.75) is 26.3 Å². The van der Waals surface area contributed by atoms with Gasteiger partial charge in [-0.2, -0.15) is 0 Å². The second-order valence-electron chi connectivity index (χ2n) is 5.73. The van der Waals surface area contributed by atoms with Crippen LogP contribution in [0.15, 0.2) is 42.5 Å². The minimum Gasteiger partial charge on any atom is -0.382 e. The second kappa shape index (κ2) is 6.61. The van der Waals surface area contributed by atoms with Crippen LogP contribution in [0, 0.1) is 12.7 Å². The Bertz CT molecular complexity index is 608. The monoisotopic (exact) mass is 286 g/mol. The van der Waals surface area contributed by atoms with Gasteiger partial charge in [0.25, 0.3) is 0 Å². The van der Waals surface area contributed by atoms with Gasteiger partial charge in [-0.15, -0.1) is 0 Å². The Labute approximate surface area is 126 Å². The summed E-state index contributed by atoms with van der Waals surface area (Å²) in [5.41, 5.74) is 4.23. The normalized spacial score (nSPS) is 12.0. The fourth-order valence-corrected chi connectivity index (χ4v) is 2.40. The molecule has 1 N–H and O–H groups in total. The number of anilines is 2. The summed E-state index contributed by atoms with van der Waals surface area (Å²) >= 11 is 0. The van der Waals surface area contributed by atoms with E-state index in [0.717, 1.165) is 11.3 Å². The molecule has 0 spiro atoms. The highest BCUT2D eigenvalue weighted by molar-refractivity contribution is 5.60. The molecule has 2 aromatic rings. The van der Waals surface area contributed by atoms with Gasteiger partial charge < -0.3 is 10.2 Å². The molecule has 0 bridgehead atoms. The van der Waals surface area contributed by atoms with Crippen LogP contribution < -0.4 is 10.2 Å². The lowest BCUT2D eigenvalue weighted by molar-refractivity contribution is 0.601. The van der Waals surface area contributed by atoms with E-state index in [1.807, 2.05) is 26.2 Å². The highest BCUT2D eigenvalue weighted by Crippen LogP contribution is 2.22. The molecule has 0 radical (unpaired) electrons. The molecule has 3 heteroatoms. The summed E-state index contributed by atoms with van der Waals surface area (Å²) in [7, 11) is 4.06. The molecule has 0 amide bonds. The molecule has 0 aliphatic carbocycles. The zero-order valence-electron chi connectivity index (χ0n) is 13.2. The van der Waals surface area contributed by atoms with Gasteiger partial charge in [0.1, 0.15) is 5.82 Å². The van der Waals surface area contributed by atoms with Crippen LogP contribution in [-0.2, 0) is 6.42 Å². The van der Waals surface area contributed by atoms with Gasteiger partial charge >= 0.3 is 0 Å². The summed E-state index contributed by atoms with van der Waals surface area (Å²) in [6.07, 6.45) is 0.668. The van der Waals surface area contributed by atoms with Crippen LogP contribution in [0.3, 0.4) is 0 Å². The molecular weight excluding hydrogens is 263 g/mol. The smallest absolute Gasteiger partial charge is 0.126 e. The Kier molecular flexibility index (Phi) is 4.84. The summed E-state index contributed by atoms with van der Waals surface area (Å²) in [6.45, 7) is 4.16. The maximum Gasteiger partial charge on any atom is 0.126 e. The molecule has 112 valence electrons. The summed E-state index contributed by atoms with van der Waals surface area (Å²) in [6, 6.07) is 13.5. The number of benzene rings is 2. The molecule has 0 aliphatic heterocycles. The van der Waals surface area contributed by atoms with E-state index in [4.69, 9.17) is 0 Å². The van der Waals surface area contributed by atoms with E-state index in [9.17, 15) is 4.39 Å². The van der Waals surface area contributed by atoms with E-state index < -0.39 is 0 Å². The quantitative estimate of drug-likeness (QED) is 0.884. The van der Waals surface area contributed by atoms with Crippen molar-refractivity contribution in [2.75, 3.05) is 24.3 Å². The first-order valence-corrected chi connectivity index (χ1v) is 7.25. The average molecular weight is 286 g/mol. The topological polar surface area (TPSA) is 15.3 Å². The predicted octanol–water partition coefficient (Wildman–Crippen LogP) is 4.24. The minimum absolute atomic E-state index is 0.133. The van der Waals surface area contributed by atoms with Gasteiger partial charge in [0.15, 0.2) is 0 Å². The van der Waals surface area contributed by atoms with Gasteiger partial charge in [0.05, 0.1) is 0 Å². The molecule has 0 aliphatic rings. The van der Waals surface area contributed by atoms with Crippen LogP contribution in [0.5, 0.6) is 0 Å². The molecule has 0 saturated carbocycles. The molecular formula is C18H23FN2. The van der Waals surface area contributed by atoms with Crippen molar-refractivity contribution < 1.29 is 4.39 Å². The number of nitrogens with one attached hydrogen (secondary N) is 1. The fraction of sp³-hybridized carbons (Fsp3) is 0.333. The van der Waals surface area contributed by atoms with E-state index in [0.29, 0.717) is 6.42 Å². The van der Waals surface area contributed by atoms with Gasteiger partial charge in [-0.05, 0) is 55.7 Å². The Morgan fingerprint density at radius 1 is 1.14 bits per heavy atom. The number of halogens is 1. The first-order chi connectivity index (χ1) is 9.97. The first-order valence-electron chi connectivity index (χ1n) is 7.25. The Morgan fingerprint density at radius 3 is 2.48 bits per heavy atom.